The molecule has 0 rings (SSSR count). The number of aliphatic hydroxyl groups excluding tert-OH is 1. The molecule has 0 aromatic rings. The molecule has 74 valence electrons. The first kappa shape index (κ1) is 11.9. The molecule has 1 atom stereocenters. The highest BCUT2D eigenvalue weighted by atomic mass is 16.3. The van der Waals surface area contributed by atoms with E-state index < -0.39 is 0 Å². The zero-order chi connectivity index (χ0) is 9.78. The molecule has 0 fully saturated rings. The summed E-state index contributed by atoms with van der Waals surface area (Å²) in [6, 6.07) is 0. The molecule has 0 aromatic carbocycles. The predicted molar refractivity (Wildman–Crippen MR) is 52.3 cm³/mol. The Bertz CT molecular complexity index is 122. The Morgan fingerprint density at radius 2 is 1.92 bits per heavy atom. The standard InChI is InChI=1S/C9H22N2O/c1-8(12)6-10-7-9(2,3)11(4)5/h8,10,12H,6-7H2,1-5H3/t8-/m1/s1. The van der Waals surface area contributed by atoms with Crippen LogP contribution in [0.3, 0.4) is 0 Å². The normalized spacial score (nSPS) is 15.2. The van der Waals surface area contributed by atoms with Crippen LogP contribution < -0.4 is 5.32 Å². The quantitative estimate of drug-likeness (QED) is 0.629. The number of nitrogens with one attached hydrogen (secondary N) is 1. The Kier molecular flexibility index (Phi) is 4.75. The van der Waals surface area contributed by atoms with E-state index in [4.69, 9.17) is 5.11 Å². The number of likely N-dealkylation sites (N-methyl/N-ethyl adjacent to an activating group) is 1. The minimum absolute atomic E-state index is 0.148. The van der Waals surface area contributed by atoms with Crippen LogP contribution in [0.15, 0.2) is 0 Å². The van der Waals surface area contributed by atoms with Crippen molar-refractivity contribution in [2.75, 3.05) is 27.2 Å². The third-order valence-corrected chi connectivity index (χ3v) is 2.21. The van der Waals surface area contributed by atoms with Crippen LogP contribution in [0.4, 0.5) is 0 Å². The van der Waals surface area contributed by atoms with Crippen LogP contribution >= 0.6 is 0 Å². The fraction of sp³-hybridized carbons (Fsp3) is 1.00. The van der Waals surface area contributed by atoms with Gasteiger partial charge in [-0.05, 0) is 34.9 Å². The number of hydrogen-bond donors (Lipinski definition) is 2. The van der Waals surface area contributed by atoms with Gasteiger partial charge in [0.15, 0.2) is 0 Å². The van der Waals surface area contributed by atoms with Crippen LogP contribution in [0.25, 0.3) is 0 Å². The number of hydrogen-bond acceptors (Lipinski definition) is 3. The highest BCUT2D eigenvalue weighted by Crippen LogP contribution is 2.07. The van der Waals surface area contributed by atoms with Gasteiger partial charge in [0, 0.05) is 18.6 Å². The second-order valence-electron chi connectivity index (χ2n) is 4.19. The van der Waals surface area contributed by atoms with Gasteiger partial charge in [-0.3, -0.25) is 0 Å². The van der Waals surface area contributed by atoms with Crippen LogP contribution in [0.1, 0.15) is 20.8 Å². The first-order valence-electron chi connectivity index (χ1n) is 4.42. The van der Waals surface area contributed by atoms with Gasteiger partial charge in [-0.25, -0.2) is 0 Å². The van der Waals surface area contributed by atoms with E-state index in [1.165, 1.54) is 0 Å². The fourth-order valence-electron chi connectivity index (χ4n) is 0.745. The van der Waals surface area contributed by atoms with Gasteiger partial charge in [-0.1, -0.05) is 0 Å². The van der Waals surface area contributed by atoms with E-state index in [1.54, 1.807) is 6.92 Å². The minimum atomic E-state index is -0.261. The maximum atomic E-state index is 9.01. The van der Waals surface area contributed by atoms with Crippen molar-refractivity contribution in [3.63, 3.8) is 0 Å². The molecule has 0 saturated carbocycles. The van der Waals surface area contributed by atoms with E-state index in [2.05, 4.69) is 38.2 Å². The van der Waals surface area contributed by atoms with E-state index in [-0.39, 0.29) is 11.6 Å². The van der Waals surface area contributed by atoms with E-state index in [9.17, 15) is 0 Å². The molecular weight excluding hydrogens is 152 g/mol. The molecule has 2 N–H and O–H groups in total. The molecule has 0 amide bonds. The predicted octanol–water partition coefficient (Wildman–Crippen LogP) is 0.297. The van der Waals surface area contributed by atoms with Gasteiger partial charge in [-0.2, -0.15) is 0 Å². The summed E-state index contributed by atoms with van der Waals surface area (Å²) >= 11 is 0. The van der Waals surface area contributed by atoms with Gasteiger partial charge in [0.2, 0.25) is 0 Å². The van der Waals surface area contributed by atoms with Crippen molar-refractivity contribution >= 4 is 0 Å². The van der Waals surface area contributed by atoms with Crippen molar-refractivity contribution in [3.8, 4) is 0 Å². The van der Waals surface area contributed by atoms with Crippen molar-refractivity contribution in [1.82, 2.24) is 10.2 Å². The molecule has 0 heterocycles. The molecule has 0 aliphatic heterocycles. The van der Waals surface area contributed by atoms with Crippen LogP contribution in [0, 0.1) is 0 Å². The summed E-state index contributed by atoms with van der Waals surface area (Å²) in [6.07, 6.45) is -0.261. The number of aliphatic hydroxyl groups is 1. The third-order valence-electron chi connectivity index (χ3n) is 2.21. The van der Waals surface area contributed by atoms with E-state index >= 15 is 0 Å². The lowest BCUT2D eigenvalue weighted by molar-refractivity contribution is 0.161. The molecule has 3 heteroatoms. The molecule has 3 nitrogen and oxygen atoms in total. The first-order chi connectivity index (χ1) is 5.36. The van der Waals surface area contributed by atoms with Gasteiger partial charge in [0.1, 0.15) is 0 Å². The van der Waals surface area contributed by atoms with Gasteiger partial charge >= 0.3 is 0 Å². The largest absolute Gasteiger partial charge is 0.392 e. The van der Waals surface area contributed by atoms with E-state index in [0.29, 0.717) is 6.54 Å². The van der Waals surface area contributed by atoms with Crippen LogP contribution in [0.5, 0.6) is 0 Å². The highest BCUT2D eigenvalue weighted by Gasteiger charge is 2.19. The second-order valence-corrected chi connectivity index (χ2v) is 4.19. The van der Waals surface area contributed by atoms with Gasteiger partial charge in [-0.15, -0.1) is 0 Å². The summed E-state index contributed by atoms with van der Waals surface area (Å²) in [5, 5.41) is 12.2. The zero-order valence-corrected chi connectivity index (χ0v) is 8.89. The van der Waals surface area contributed by atoms with Crippen molar-refractivity contribution in [2.45, 2.75) is 32.4 Å². The lowest BCUT2D eigenvalue weighted by Crippen LogP contribution is -2.47. The molecule has 0 saturated heterocycles. The van der Waals surface area contributed by atoms with Gasteiger partial charge in [0.05, 0.1) is 6.10 Å². The second kappa shape index (κ2) is 4.80. The Balaban J connectivity index is 3.61. The smallest absolute Gasteiger partial charge is 0.0636 e. The average Bonchev–Trinajstić information content (AvgIpc) is 1.85. The minimum Gasteiger partial charge on any atom is -0.392 e. The number of rotatable bonds is 5. The van der Waals surface area contributed by atoms with Crippen molar-refractivity contribution < 1.29 is 5.11 Å². The van der Waals surface area contributed by atoms with Crippen molar-refractivity contribution in [2.24, 2.45) is 0 Å². The van der Waals surface area contributed by atoms with Gasteiger partial charge in [0.25, 0.3) is 0 Å². The highest BCUT2D eigenvalue weighted by molar-refractivity contribution is 4.79. The Hall–Kier alpha value is -0.120. The molecule has 0 aliphatic carbocycles. The molecule has 0 bridgehead atoms. The molecule has 12 heavy (non-hydrogen) atoms. The lowest BCUT2D eigenvalue weighted by atomic mass is 10.0. The van der Waals surface area contributed by atoms with Crippen LogP contribution in [-0.2, 0) is 0 Å². The van der Waals surface area contributed by atoms with Gasteiger partial charge < -0.3 is 15.3 Å². The Morgan fingerprint density at radius 3 is 2.25 bits per heavy atom. The average molecular weight is 174 g/mol. The third kappa shape index (κ3) is 4.70. The monoisotopic (exact) mass is 174 g/mol. The maximum absolute atomic E-state index is 9.01. The SMILES string of the molecule is C[C@@H](O)CNCC(C)(C)N(C)C. The van der Waals surface area contributed by atoms with Crippen LogP contribution in [-0.4, -0.2) is 48.8 Å². The Morgan fingerprint density at radius 1 is 1.42 bits per heavy atom. The lowest BCUT2D eigenvalue weighted by Gasteiger charge is -2.33. The topological polar surface area (TPSA) is 35.5 Å². The van der Waals surface area contributed by atoms with Crippen molar-refractivity contribution in [3.05, 3.63) is 0 Å². The molecule has 0 unspecified atom stereocenters. The molecule has 0 radical (unpaired) electrons. The van der Waals surface area contributed by atoms with Crippen molar-refractivity contribution in [1.29, 1.82) is 0 Å². The Labute approximate surface area is 75.8 Å². The van der Waals surface area contributed by atoms with Crippen LogP contribution in [0.2, 0.25) is 0 Å². The fourth-order valence-corrected chi connectivity index (χ4v) is 0.745. The summed E-state index contributed by atoms with van der Waals surface area (Å²) < 4.78 is 0. The van der Waals surface area contributed by atoms with E-state index in [1.807, 2.05) is 0 Å². The molecule has 0 aliphatic rings. The summed E-state index contributed by atoms with van der Waals surface area (Å²) in [5.41, 5.74) is 0.148. The molecule has 0 aromatic heterocycles. The summed E-state index contributed by atoms with van der Waals surface area (Å²) in [5.74, 6) is 0. The summed E-state index contributed by atoms with van der Waals surface area (Å²) in [4.78, 5) is 2.17. The maximum Gasteiger partial charge on any atom is 0.0636 e. The summed E-state index contributed by atoms with van der Waals surface area (Å²) in [7, 11) is 4.12. The van der Waals surface area contributed by atoms with E-state index in [0.717, 1.165) is 6.54 Å². The summed E-state index contributed by atoms with van der Waals surface area (Å²) in [6.45, 7) is 7.68. The molecule has 0 spiro atoms. The first-order valence-corrected chi connectivity index (χ1v) is 4.42. The molecular formula is C9H22N2O. The zero-order valence-electron chi connectivity index (χ0n) is 8.89. The number of nitrogens with zero attached hydrogens (tertiary/aromatic N) is 1.